The molecule has 13 heavy (non-hydrogen) atoms. The van der Waals surface area contributed by atoms with Crippen molar-refractivity contribution in [1.29, 1.82) is 0 Å². The molecule has 0 saturated carbocycles. The van der Waals surface area contributed by atoms with Crippen LogP contribution < -0.4 is 5.48 Å². The Bertz CT molecular complexity index is 289. The summed E-state index contributed by atoms with van der Waals surface area (Å²) in [6.45, 7) is 1.93. The number of halogens is 2. The molecule has 4 heteroatoms. The van der Waals surface area contributed by atoms with Crippen molar-refractivity contribution in [2.45, 2.75) is 19.4 Å². The van der Waals surface area contributed by atoms with Crippen LogP contribution in [0.15, 0.2) is 22.7 Å². The highest BCUT2D eigenvalue weighted by Crippen LogP contribution is 2.25. The van der Waals surface area contributed by atoms with Crippen LogP contribution in [0.5, 0.6) is 0 Å². The summed E-state index contributed by atoms with van der Waals surface area (Å²) in [7, 11) is 0. The van der Waals surface area contributed by atoms with Gasteiger partial charge < -0.3 is 5.21 Å². The van der Waals surface area contributed by atoms with Gasteiger partial charge in [0.25, 0.3) is 0 Å². The summed E-state index contributed by atoms with van der Waals surface area (Å²) in [5.41, 5.74) is 3.03. The molecule has 0 aliphatic rings. The molecule has 0 bridgehead atoms. The van der Waals surface area contributed by atoms with Crippen LogP contribution in [0, 0.1) is 5.82 Å². The zero-order valence-corrected chi connectivity index (χ0v) is 8.81. The summed E-state index contributed by atoms with van der Waals surface area (Å²) in [6, 6.07) is 4.25. The van der Waals surface area contributed by atoms with Crippen LogP contribution in [0.25, 0.3) is 0 Å². The lowest BCUT2D eigenvalue weighted by molar-refractivity contribution is 0.124. The van der Waals surface area contributed by atoms with Crippen molar-refractivity contribution >= 4 is 15.9 Å². The number of benzene rings is 1. The summed E-state index contributed by atoms with van der Waals surface area (Å²) in [4.78, 5) is 0. The van der Waals surface area contributed by atoms with Gasteiger partial charge in [-0.25, -0.2) is 4.39 Å². The van der Waals surface area contributed by atoms with Crippen LogP contribution in [0.3, 0.4) is 0 Å². The Morgan fingerprint density at radius 1 is 1.62 bits per heavy atom. The molecule has 0 aliphatic carbocycles. The predicted octanol–water partition coefficient (Wildman–Crippen LogP) is 3.02. The Morgan fingerprint density at radius 3 is 2.77 bits per heavy atom. The van der Waals surface area contributed by atoms with Gasteiger partial charge in [0.05, 0.1) is 6.04 Å². The van der Waals surface area contributed by atoms with Crippen LogP contribution in [-0.2, 0) is 0 Å². The maximum atomic E-state index is 12.7. The molecule has 0 fully saturated rings. The van der Waals surface area contributed by atoms with Crippen LogP contribution in [0.4, 0.5) is 4.39 Å². The Morgan fingerprint density at radius 2 is 2.31 bits per heavy atom. The molecule has 0 saturated heterocycles. The number of hydroxylamine groups is 1. The zero-order valence-electron chi connectivity index (χ0n) is 7.22. The quantitative estimate of drug-likeness (QED) is 0.806. The Hall–Kier alpha value is -0.450. The number of nitrogens with one attached hydrogen (secondary N) is 1. The molecule has 0 amide bonds. The van der Waals surface area contributed by atoms with Crippen molar-refractivity contribution in [1.82, 2.24) is 5.48 Å². The van der Waals surface area contributed by atoms with Crippen molar-refractivity contribution in [2.24, 2.45) is 0 Å². The first kappa shape index (κ1) is 10.6. The SMILES string of the molecule is CC[C@@H](NO)c1ccc(F)cc1Br. The molecule has 0 aliphatic heterocycles. The molecule has 0 unspecified atom stereocenters. The summed E-state index contributed by atoms with van der Waals surface area (Å²) >= 11 is 3.24. The fourth-order valence-electron chi connectivity index (χ4n) is 1.16. The van der Waals surface area contributed by atoms with E-state index in [9.17, 15) is 4.39 Å². The monoisotopic (exact) mass is 247 g/mol. The minimum Gasteiger partial charge on any atom is -0.316 e. The molecule has 0 heterocycles. The lowest BCUT2D eigenvalue weighted by Crippen LogP contribution is -2.16. The van der Waals surface area contributed by atoms with Gasteiger partial charge in [-0.15, -0.1) is 0 Å². The van der Waals surface area contributed by atoms with Crippen LogP contribution in [0.1, 0.15) is 24.9 Å². The molecule has 0 radical (unpaired) electrons. The third-order valence-corrected chi connectivity index (χ3v) is 2.59. The highest BCUT2D eigenvalue weighted by atomic mass is 79.9. The highest BCUT2D eigenvalue weighted by Gasteiger charge is 2.11. The van der Waals surface area contributed by atoms with E-state index < -0.39 is 0 Å². The lowest BCUT2D eigenvalue weighted by atomic mass is 10.1. The lowest BCUT2D eigenvalue weighted by Gasteiger charge is -2.14. The van der Waals surface area contributed by atoms with Gasteiger partial charge in [0.2, 0.25) is 0 Å². The summed E-state index contributed by atoms with van der Waals surface area (Å²) in [6.07, 6.45) is 0.737. The average Bonchev–Trinajstić information content (AvgIpc) is 2.10. The molecule has 0 spiro atoms. The summed E-state index contributed by atoms with van der Waals surface area (Å²) < 4.78 is 13.4. The maximum absolute atomic E-state index is 12.7. The fraction of sp³-hybridized carbons (Fsp3) is 0.333. The Balaban J connectivity index is 2.99. The van der Waals surface area contributed by atoms with E-state index in [1.165, 1.54) is 12.1 Å². The van der Waals surface area contributed by atoms with Gasteiger partial charge in [0, 0.05) is 4.47 Å². The topological polar surface area (TPSA) is 32.3 Å². The number of rotatable bonds is 3. The molecule has 1 aromatic rings. The van der Waals surface area contributed by atoms with Gasteiger partial charge in [-0.2, -0.15) is 5.48 Å². The van der Waals surface area contributed by atoms with Crippen molar-refractivity contribution < 1.29 is 9.60 Å². The minimum absolute atomic E-state index is 0.157. The van der Waals surface area contributed by atoms with Gasteiger partial charge in [-0.05, 0) is 24.1 Å². The average molecular weight is 248 g/mol. The van der Waals surface area contributed by atoms with Crippen molar-refractivity contribution in [3.63, 3.8) is 0 Å². The van der Waals surface area contributed by atoms with Crippen LogP contribution in [0.2, 0.25) is 0 Å². The van der Waals surface area contributed by atoms with E-state index in [4.69, 9.17) is 5.21 Å². The largest absolute Gasteiger partial charge is 0.316 e. The number of hydrogen-bond donors (Lipinski definition) is 2. The first-order chi connectivity index (χ1) is 6.19. The summed E-state index contributed by atoms with van der Waals surface area (Å²) in [5.74, 6) is -0.289. The molecule has 2 N–H and O–H groups in total. The zero-order chi connectivity index (χ0) is 9.84. The van der Waals surface area contributed by atoms with Crippen molar-refractivity contribution in [3.8, 4) is 0 Å². The van der Waals surface area contributed by atoms with Crippen molar-refractivity contribution in [2.75, 3.05) is 0 Å². The molecule has 2 nitrogen and oxygen atoms in total. The van der Waals surface area contributed by atoms with Gasteiger partial charge in [0.1, 0.15) is 5.82 Å². The third-order valence-electron chi connectivity index (χ3n) is 1.90. The van der Waals surface area contributed by atoms with E-state index in [2.05, 4.69) is 21.4 Å². The van der Waals surface area contributed by atoms with Gasteiger partial charge in [0.15, 0.2) is 0 Å². The number of hydrogen-bond acceptors (Lipinski definition) is 2. The second-order valence-corrected chi connectivity index (χ2v) is 3.61. The van der Waals surface area contributed by atoms with Crippen LogP contribution >= 0.6 is 15.9 Å². The van der Waals surface area contributed by atoms with E-state index in [0.29, 0.717) is 4.47 Å². The Kier molecular flexibility index (Phi) is 3.84. The molecule has 1 aromatic carbocycles. The third kappa shape index (κ3) is 2.49. The van der Waals surface area contributed by atoms with E-state index in [1.807, 2.05) is 6.92 Å². The fourth-order valence-corrected chi connectivity index (χ4v) is 1.79. The normalized spacial score (nSPS) is 12.9. The van der Waals surface area contributed by atoms with Crippen LogP contribution in [-0.4, -0.2) is 5.21 Å². The maximum Gasteiger partial charge on any atom is 0.124 e. The molecular weight excluding hydrogens is 237 g/mol. The summed E-state index contributed by atoms with van der Waals surface area (Å²) in [5, 5.41) is 8.81. The van der Waals surface area contributed by atoms with E-state index in [1.54, 1.807) is 6.07 Å². The Labute approximate surface area is 84.9 Å². The van der Waals surface area contributed by atoms with E-state index in [0.717, 1.165) is 12.0 Å². The standard InChI is InChI=1S/C9H11BrFNO/c1-2-9(12-13)7-4-3-6(11)5-8(7)10/h3-5,9,12-13H,2H2,1H3/t9-/m1/s1. The highest BCUT2D eigenvalue weighted by molar-refractivity contribution is 9.10. The van der Waals surface area contributed by atoms with Gasteiger partial charge in [-0.1, -0.05) is 28.9 Å². The van der Waals surface area contributed by atoms with Gasteiger partial charge in [-0.3, -0.25) is 0 Å². The second-order valence-electron chi connectivity index (χ2n) is 2.76. The van der Waals surface area contributed by atoms with E-state index in [-0.39, 0.29) is 11.9 Å². The van der Waals surface area contributed by atoms with Crippen molar-refractivity contribution in [3.05, 3.63) is 34.1 Å². The molecule has 1 rings (SSSR count). The smallest absolute Gasteiger partial charge is 0.124 e. The second kappa shape index (κ2) is 4.69. The molecule has 72 valence electrons. The molecular formula is C9H11BrFNO. The van der Waals surface area contributed by atoms with E-state index >= 15 is 0 Å². The minimum atomic E-state index is -0.289. The molecule has 1 atom stereocenters. The first-order valence-electron chi connectivity index (χ1n) is 4.03. The first-order valence-corrected chi connectivity index (χ1v) is 4.83. The molecule has 0 aromatic heterocycles. The van der Waals surface area contributed by atoms with Gasteiger partial charge >= 0.3 is 0 Å². The predicted molar refractivity (Wildman–Crippen MR) is 52.1 cm³/mol.